The molecular formula is C19H15ClN2O4. The van der Waals surface area contributed by atoms with Crippen molar-refractivity contribution in [2.45, 2.75) is 6.92 Å². The van der Waals surface area contributed by atoms with Gasteiger partial charge in [-0.1, -0.05) is 29.8 Å². The van der Waals surface area contributed by atoms with E-state index in [2.05, 4.69) is 5.10 Å². The van der Waals surface area contributed by atoms with Gasteiger partial charge in [-0.2, -0.15) is 5.10 Å². The van der Waals surface area contributed by atoms with Gasteiger partial charge in [0.25, 0.3) is 0 Å². The molecule has 3 rings (SSSR count). The second kappa shape index (κ2) is 7.41. The van der Waals surface area contributed by atoms with E-state index in [1.807, 2.05) is 25.1 Å². The Hall–Kier alpha value is -3.12. The largest absolute Gasteiger partial charge is 0.494 e. The number of nitrogens with zero attached hydrogens (tertiary/aromatic N) is 2. The number of halogens is 1. The van der Waals surface area contributed by atoms with E-state index >= 15 is 0 Å². The van der Waals surface area contributed by atoms with Crippen molar-refractivity contribution in [3.63, 3.8) is 0 Å². The van der Waals surface area contributed by atoms with Gasteiger partial charge < -0.3 is 9.84 Å². The number of para-hydroxylation sites is 1. The highest BCUT2D eigenvalue weighted by atomic mass is 35.5. The Morgan fingerprint density at radius 2 is 1.96 bits per heavy atom. The first-order chi connectivity index (χ1) is 12.5. The van der Waals surface area contributed by atoms with E-state index < -0.39 is 17.1 Å². The van der Waals surface area contributed by atoms with Crippen LogP contribution in [-0.2, 0) is 0 Å². The van der Waals surface area contributed by atoms with Crippen LogP contribution in [0.25, 0.3) is 16.8 Å². The number of rotatable bonds is 5. The standard InChI is InChI=1S/C19H15ClN2O4/c1-2-26-12-7-8-15(20)14(11-12)13-5-3-4-6-16(13)22-10-9-17(23)18(21-22)19(24)25/h3-11H,2H2,1H3,(H,24,25). The van der Waals surface area contributed by atoms with E-state index in [9.17, 15) is 9.59 Å². The van der Waals surface area contributed by atoms with Gasteiger partial charge in [0.05, 0.1) is 12.3 Å². The highest BCUT2D eigenvalue weighted by Gasteiger charge is 2.15. The topological polar surface area (TPSA) is 81.4 Å². The van der Waals surface area contributed by atoms with Crippen LogP contribution < -0.4 is 10.2 Å². The molecule has 132 valence electrons. The third-order valence-corrected chi connectivity index (χ3v) is 4.03. The van der Waals surface area contributed by atoms with E-state index in [0.29, 0.717) is 28.6 Å². The third kappa shape index (κ3) is 3.45. The van der Waals surface area contributed by atoms with E-state index in [-0.39, 0.29) is 0 Å². The van der Waals surface area contributed by atoms with Crippen LogP contribution in [0, 0.1) is 0 Å². The summed E-state index contributed by atoms with van der Waals surface area (Å²) in [5, 5.41) is 13.6. The van der Waals surface area contributed by atoms with Crippen molar-refractivity contribution in [2.75, 3.05) is 6.61 Å². The monoisotopic (exact) mass is 370 g/mol. The van der Waals surface area contributed by atoms with E-state index in [4.69, 9.17) is 21.4 Å². The van der Waals surface area contributed by atoms with Gasteiger partial charge in [-0.25, -0.2) is 9.48 Å². The van der Waals surface area contributed by atoms with Crippen LogP contribution in [0.1, 0.15) is 17.4 Å². The molecule has 0 fully saturated rings. The molecule has 0 unspecified atom stereocenters. The lowest BCUT2D eigenvalue weighted by atomic mass is 10.0. The maximum Gasteiger partial charge on any atom is 0.360 e. The molecule has 2 aromatic carbocycles. The molecule has 1 aromatic heterocycles. The van der Waals surface area contributed by atoms with Gasteiger partial charge >= 0.3 is 5.97 Å². The first-order valence-corrected chi connectivity index (χ1v) is 8.24. The lowest BCUT2D eigenvalue weighted by molar-refractivity contribution is 0.0687. The average molecular weight is 371 g/mol. The Balaban J connectivity index is 2.19. The van der Waals surface area contributed by atoms with Gasteiger partial charge in [-0.3, -0.25) is 4.79 Å². The van der Waals surface area contributed by atoms with Crippen LogP contribution in [0.2, 0.25) is 5.02 Å². The van der Waals surface area contributed by atoms with Crippen molar-refractivity contribution in [1.82, 2.24) is 9.78 Å². The summed E-state index contributed by atoms with van der Waals surface area (Å²) in [5.41, 5.74) is 0.835. The Kier molecular flexibility index (Phi) is 5.04. The zero-order valence-corrected chi connectivity index (χ0v) is 14.6. The summed E-state index contributed by atoms with van der Waals surface area (Å²) in [4.78, 5) is 22.9. The van der Waals surface area contributed by atoms with E-state index in [1.54, 1.807) is 24.3 Å². The molecule has 0 aliphatic heterocycles. The lowest BCUT2D eigenvalue weighted by Gasteiger charge is -2.14. The summed E-state index contributed by atoms with van der Waals surface area (Å²) >= 11 is 6.37. The Bertz CT molecular complexity index is 1030. The molecule has 0 amide bonds. The van der Waals surface area contributed by atoms with Crippen molar-refractivity contribution in [2.24, 2.45) is 0 Å². The van der Waals surface area contributed by atoms with Gasteiger partial charge in [-0.05, 0) is 31.2 Å². The van der Waals surface area contributed by atoms with Crippen LogP contribution in [0.5, 0.6) is 5.75 Å². The van der Waals surface area contributed by atoms with Crippen LogP contribution in [0.4, 0.5) is 0 Å². The second-order valence-corrected chi connectivity index (χ2v) is 5.78. The third-order valence-electron chi connectivity index (χ3n) is 3.70. The zero-order valence-electron chi connectivity index (χ0n) is 13.8. The number of benzene rings is 2. The smallest absolute Gasteiger partial charge is 0.360 e. The Morgan fingerprint density at radius 3 is 2.69 bits per heavy atom. The summed E-state index contributed by atoms with van der Waals surface area (Å²) in [5.74, 6) is -0.709. The Morgan fingerprint density at radius 1 is 1.19 bits per heavy atom. The molecule has 6 nitrogen and oxygen atoms in total. The molecule has 3 aromatic rings. The summed E-state index contributed by atoms with van der Waals surface area (Å²) in [6.07, 6.45) is 1.42. The molecule has 0 atom stereocenters. The summed E-state index contributed by atoms with van der Waals surface area (Å²) in [6, 6.07) is 13.7. The molecule has 0 radical (unpaired) electrons. The minimum atomic E-state index is -1.38. The van der Waals surface area contributed by atoms with Crippen molar-refractivity contribution in [1.29, 1.82) is 0 Å². The van der Waals surface area contributed by atoms with Crippen LogP contribution in [0.15, 0.2) is 59.5 Å². The second-order valence-electron chi connectivity index (χ2n) is 5.37. The molecule has 0 bridgehead atoms. The number of carbonyl (C=O) groups is 1. The Labute approximate surface area is 154 Å². The maximum atomic E-state index is 11.7. The number of hydrogen-bond donors (Lipinski definition) is 1. The fraction of sp³-hybridized carbons (Fsp3) is 0.105. The zero-order chi connectivity index (χ0) is 18.7. The highest BCUT2D eigenvalue weighted by molar-refractivity contribution is 6.33. The number of aromatic carboxylic acids is 1. The van der Waals surface area contributed by atoms with Gasteiger partial charge in [0.15, 0.2) is 0 Å². The van der Waals surface area contributed by atoms with Crippen molar-refractivity contribution < 1.29 is 14.6 Å². The molecule has 0 saturated carbocycles. The number of aromatic nitrogens is 2. The van der Waals surface area contributed by atoms with Crippen LogP contribution >= 0.6 is 11.6 Å². The van der Waals surface area contributed by atoms with Gasteiger partial charge in [0.1, 0.15) is 5.75 Å². The molecule has 0 aliphatic rings. The molecule has 1 N–H and O–H groups in total. The summed E-state index contributed by atoms with van der Waals surface area (Å²) in [6.45, 7) is 2.41. The number of ether oxygens (including phenoxy) is 1. The van der Waals surface area contributed by atoms with Crippen molar-refractivity contribution in [3.05, 3.63) is 75.7 Å². The van der Waals surface area contributed by atoms with E-state index in [1.165, 1.54) is 16.9 Å². The summed E-state index contributed by atoms with van der Waals surface area (Å²) < 4.78 is 6.89. The highest BCUT2D eigenvalue weighted by Crippen LogP contribution is 2.34. The van der Waals surface area contributed by atoms with Gasteiger partial charge in [0.2, 0.25) is 11.1 Å². The lowest BCUT2D eigenvalue weighted by Crippen LogP contribution is -2.20. The fourth-order valence-electron chi connectivity index (χ4n) is 2.56. The molecule has 0 aliphatic carbocycles. The number of carboxylic acid groups (broad SMARTS) is 1. The van der Waals surface area contributed by atoms with Crippen LogP contribution in [0.3, 0.4) is 0 Å². The molecule has 0 spiro atoms. The summed E-state index contributed by atoms with van der Waals surface area (Å²) in [7, 11) is 0. The average Bonchev–Trinajstić information content (AvgIpc) is 2.64. The van der Waals surface area contributed by atoms with Crippen molar-refractivity contribution in [3.8, 4) is 22.6 Å². The van der Waals surface area contributed by atoms with Gasteiger partial charge in [0, 0.05) is 28.4 Å². The normalized spacial score (nSPS) is 10.5. The quantitative estimate of drug-likeness (QED) is 0.741. The van der Waals surface area contributed by atoms with E-state index in [0.717, 1.165) is 5.56 Å². The molecular weight excluding hydrogens is 356 g/mol. The van der Waals surface area contributed by atoms with Crippen molar-refractivity contribution >= 4 is 17.6 Å². The first kappa shape index (κ1) is 17.7. The fourth-order valence-corrected chi connectivity index (χ4v) is 2.78. The van der Waals surface area contributed by atoms with Crippen LogP contribution in [-0.4, -0.2) is 27.5 Å². The maximum absolute atomic E-state index is 11.7. The molecule has 7 heteroatoms. The predicted octanol–water partition coefficient (Wildman–Crippen LogP) is 3.65. The minimum Gasteiger partial charge on any atom is -0.494 e. The number of carboxylic acids is 1. The molecule has 1 heterocycles. The SMILES string of the molecule is CCOc1ccc(Cl)c(-c2ccccc2-n2ccc(=O)c(C(=O)O)n2)c1. The predicted molar refractivity (Wildman–Crippen MR) is 98.4 cm³/mol. The number of hydrogen-bond acceptors (Lipinski definition) is 4. The molecule has 26 heavy (non-hydrogen) atoms. The minimum absolute atomic E-state index is 0.514. The molecule has 0 saturated heterocycles. The first-order valence-electron chi connectivity index (χ1n) is 7.86. The van der Waals surface area contributed by atoms with Gasteiger partial charge in [-0.15, -0.1) is 0 Å².